The van der Waals surface area contributed by atoms with E-state index in [4.69, 9.17) is 4.74 Å². The lowest BCUT2D eigenvalue weighted by atomic mass is 10.1. The summed E-state index contributed by atoms with van der Waals surface area (Å²) in [6, 6.07) is 2.04. The fourth-order valence-electron chi connectivity index (χ4n) is 1.32. The summed E-state index contributed by atoms with van der Waals surface area (Å²) >= 11 is 3.39. The van der Waals surface area contributed by atoms with E-state index in [2.05, 4.69) is 34.8 Å². The van der Waals surface area contributed by atoms with Gasteiger partial charge in [-0.05, 0) is 46.3 Å². The smallest absolute Gasteiger partial charge is 0.0732 e. The molecule has 1 aromatic heterocycles. The van der Waals surface area contributed by atoms with Crippen molar-refractivity contribution in [1.82, 2.24) is 4.98 Å². The molecule has 84 valence electrons. The lowest BCUT2D eigenvalue weighted by Gasteiger charge is -2.06. The number of ether oxygens (including phenoxy) is 1. The van der Waals surface area contributed by atoms with Crippen LogP contribution in [0.4, 0.5) is 0 Å². The van der Waals surface area contributed by atoms with Gasteiger partial charge in [0.25, 0.3) is 0 Å². The van der Waals surface area contributed by atoms with Crippen molar-refractivity contribution in [2.75, 3.05) is 6.61 Å². The number of hydrogen-bond donors (Lipinski definition) is 0. The second-order valence-corrected chi connectivity index (χ2v) is 5.02. The molecule has 0 N–H and O–H groups in total. The van der Waals surface area contributed by atoms with Gasteiger partial charge in [-0.1, -0.05) is 13.8 Å². The van der Waals surface area contributed by atoms with E-state index in [-0.39, 0.29) is 0 Å². The lowest BCUT2D eigenvalue weighted by molar-refractivity contribution is 0.114. The molecule has 0 aliphatic rings. The summed E-state index contributed by atoms with van der Waals surface area (Å²) in [5.74, 6) is 0.765. The van der Waals surface area contributed by atoms with Gasteiger partial charge in [-0.15, -0.1) is 0 Å². The van der Waals surface area contributed by atoms with E-state index < -0.39 is 0 Å². The Kier molecular flexibility index (Phi) is 5.88. The van der Waals surface area contributed by atoms with Crippen LogP contribution >= 0.6 is 15.9 Å². The summed E-state index contributed by atoms with van der Waals surface area (Å²) in [7, 11) is 0. The third-order valence-corrected chi connectivity index (χ3v) is 2.53. The first-order valence-corrected chi connectivity index (χ1v) is 6.15. The third-order valence-electron chi connectivity index (χ3n) is 2.10. The highest BCUT2D eigenvalue weighted by molar-refractivity contribution is 9.10. The maximum absolute atomic E-state index is 5.56. The molecule has 0 spiro atoms. The van der Waals surface area contributed by atoms with Crippen molar-refractivity contribution >= 4 is 15.9 Å². The molecule has 0 aromatic carbocycles. The summed E-state index contributed by atoms with van der Waals surface area (Å²) in [4.78, 5) is 4.08. The van der Waals surface area contributed by atoms with Crippen molar-refractivity contribution in [3.8, 4) is 0 Å². The average Bonchev–Trinajstić information content (AvgIpc) is 2.17. The molecule has 0 aliphatic carbocycles. The highest BCUT2D eigenvalue weighted by Gasteiger charge is 1.97. The van der Waals surface area contributed by atoms with E-state index >= 15 is 0 Å². The largest absolute Gasteiger partial charge is 0.377 e. The molecule has 0 amide bonds. The van der Waals surface area contributed by atoms with E-state index in [1.807, 2.05) is 12.3 Å². The van der Waals surface area contributed by atoms with Gasteiger partial charge in [-0.2, -0.15) is 0 Å². The number of hydrogen-bond acceptors (Lipinski definition) is 2. The topological polar surface area (TPSA) is 22.1 Å². The standard InChI is InChI=1S/C12H18BrNO/c1-10(2)4-3-5-15-9-11-6-12(13)8-14-7-11/h6-8,10H,3-5,9H2,1-2H3. The summed E-state index contributed by atoms with van der Waals surface area (Å²) in [6.45, 7) is 5.96. The summed E-state index contributed by atoms with van der Waals surface area (Å²) < 4.78 is 6.57. The molecule has 0 saturated carbocycles. The molecule has 0 fully saturated rings. The quantitative estimate of drug-likeness (QED) is 0.735. The molecule has 1 rings (SSSR count). The van der Waals surface area contributed by atoms with Crippen LogP contribution in [0.2, 0.25) is 0 Å². The van der Waals surface area contributed by atoms with Crippen LogP contribution in [-0.4, -0.2) is 11.6 Å². The van der Waals surface area contributed by atoms with Crippen molar-refractivity contribution in [3.05, 3.63) is 28.5 Å². The minimum absolute atomic E-state index is 0.657. The first-order valence-electron chi connectivity index (χ1n) is 5.35. The highest BCUT2D eigenvalue weighted by Crippen LogP contribution is 2.10. The van der Waals surface area contributed by atoms with Gasteiger partial charge in [-0.25, -0.2) is 0 Å². The minimum atomic E-state index is 0.657. The lowest BCUT2D eigenvalue weighted by Crippen LogP contribution is -1.98. The molecule has 1 aromatic rings. The van der Waals surface area contributed by atoms with E-state index in [0.29, 0.717) is 6.61 Å². The van der Waals surface area contributed by atoms with Crippen molar-refractivity contribution in [2.24, 2.45) is 5.92 Å². The summed E-state index contributed by atoms with van der Waals surface area (Å²) in [5.41, 5.74) is 1.12. The molecule has 2 nitrogen and oxygen atoms in total. The van der Waals surface area contributed by atoms with E-state index in [1.54, 1.807) is 6.20 Å². The summed E-state index contributed by atoms with van der Waals surface area (Å²) in [6.07, 6.45) is 5.99. The van der Waals surface area contributed by atoms with Crippen molar-refractivity contribution < 1.29 is 4.74 Å². The van der Waals surface area contributed by atoms with Gasteiger partial charge < -0.3 is 4.74 Å². The first-order chi connectivity index (χ1) is 7.18. The van der Waals surface area contributed by atoms with E-state index in [0.717, 1.165) is 29.0 Å². The van der Waals surface area contributed by atoms with Crippen LogP contribution in [0.1, 0.15) is 32.3 Å². The molecule has 0 atom stereocenters. The first kappa shape index (κ1) is 12.7. The molecule has 0 bridgehead atoms. The van der Waals surface area contributed by atoms with Crippen LogP contribution in [0.3, 0.4) is 0 Å². The molecule has 3 heteroatoms. The Morgan fingerprint density at radius 1 is 1.40 bits per heavy atom. The Morgan fingerprint density at radius 3 is 2.87 bits per heavy atom. The summed E-state index contributed by atoms with van der Waals surface area (Å²) in [5, 5.41) is 0. The Morgan fingerprint density at radius 2 is 2.20 bits per heavy atom. The van der Waals surface area contributed by atoms with Gasteiger partial charge in [-0.3, -0.25) is 4.98 Å². The van der Waals surface area contributed by atoms with Gasteiger partial charge in [0.1, 0.15) is 0 Å². The normalized spacial score (nSPS) is 10.9. The zero-order valence-corrected chi connectivity index (χ0v) is 11.0. The highest BCUT2D eigenvalue weighted by atomic mass is 79.9. The van der Waals surface area contributed by atoms with Crippen LogP contribution in [0.5, 0.6) is 0 Å². The van der Waals surface area contributed by atoms with Crippen LogP contribution in [-0.2, 0) is 11.3 Å². The molecule has 0 radical (unpaired) electrons. The fraction of sp³-hybridized carbons (Fsp3) is 0.583. The van der Waals surface area contributed by atoms with Crippen LogP contribution < -0.4 is 0 Å². The SMILES string of the molecule is CC(C)CCCOCc1cncc(Br)c1. The Balaban J connectivity index is 2.15. The second-order valence-electron chi connectivity index (χ2n) is 4.10. The number of nitrogens with zero attached hydrogens (tertiary/aromatic N) is 1. The monoisotopic (exact) mass is 271 g/mol. The maximum Gasteiger partial charge on any atom is 0.0732 e. The molecule has 15 heavy (non-hydrogen) atoms. The Labute approximate surface area is 100 Å². The predicted octanol–water partition coefficient (Wildman–Crippen LogP) is 3.80. The third kappa shape index (κ3) is 5.90. The predicted molar refractivity (Wildman–Crippen MR) is 65.7 cm³/mol. The second kappa shape index (κ2) is 6.96. The number of pyridine rings is 1. The average molecular weight is 272 g/mol. The van der Waals surface area contributed by atoms with Crippen molar-refractivity contribution in [1.29, 1.82) is 0 Å². The molecular weight excluding hydrogens is 254 g/mol. The Bertz CT molecular complexity index is 289. The van der Waals surface area contributed by atoms with Crippen LogP contribution in [0, 0.1) is 5.92 Å². The maximum atomic E-state index is 5.56. The molecule has 1 heterocycles. The van der Waals surface area contributed by atoms with Gasteiger partial charge >= 0.3 is 0 Å². The Hall–Kier alpha value is -0.410. The zero-order chi connectivity index (χ0) is 11.1. The van der Waals surface area contributed by atoms with E-state index in [9.17, 15) is 0 Å². The molecule has 0 unspecified atom stereocenters. The number of halogens is 1. The van der Waals surface area contributed by atoms with Crippen LogP contribution in [0.15, 0.2) is 22.9 Å². The van der Waals surface area contributed by atoms with Gasteiger partial charge in [0.05, 0.1) is 6.61 Å². The van der Waals surface area contributed by atoms with E-state index in [1.165, 1.54) is 6.42 Å². The fourth-order valence-corrected chi connectivity index (χ4v) is 1.73. The zero-order valence-electron chi connectivity index (χ0n) is 9.37. The molecule has 0 saturated heterocycles. The van der Waals surface area contributed by atoms with Crippen LogP contribution in [0.25, 0.3) is 0 Å². The molecular formula is C12H18BrNO. The van der Waals surface area contributed by atoms with Crippen molar-refractivity contribution in [2.45, 2.75) is 33.3 Å². The van der Waals surface area contributed by atoms with Gasteiger partial charge in [0, 0.05) is 23.5 Å². The van der Waals surface area contributed by atoms with Crippen molar-refractivity contribution in [3.63, 3.8) is 0 Å². The number of rotatable bonds is 6. The molecule has 0 aliphatic heterocycles. The number of aromatic nitrogens is 1. The van der Waals surface area contributed by atoms with Gasteiger partial charge in [0.15, 0.2) is 0 Å². The minimum Gasteiger partial charge on any atom is -0.377 e. The van der Waals surface area contributed by atoms with Gasteiger partial charge in [0.2, 0.25) is 0 Å².